The molecule has 0 saturated carbocycles. The average molecular weight is 467 g/mol. The van der Waals surface area contributed by atoms with Gasteiger partial charge in [0.2, 0.25) is 15.9 Å². The number of carbonyl (C=O) groups excluding carboxylic acids is 2. The van der Waals surface area contributed by atoms with Gasteiger partial charge in [0.15, 0.2) is 0 Å². The number of aromatic nitrogens is 2. The smallest absolute Gasteiger partial charge is 0.288 e. The van der Waals surface area contributed by atoms with E-state index in [2.05, 4.69) is 15.8 Å². The Morgan fingerprint density at radius 2 is 1.79 bits per heavy atom. The van der Waals surface area contributed by atoms with Crippen molar-refractivity contribution in [1.82, 2.24) is 24.5 Å². The van der Waals surface area contributed by atoms with E-state index in [1.54, 1.807) is 41.8 Å². The molecule has 4 rings (SSSR count). The monoisotopic (exact) mass is 466 g/mol. The molecule has 3 heterocycles. The number of aryl methyl sites for hydroxylation is 1. The highest BCUT2D eigenvalue weighted by Gasteiger charge is 2.33. The zero-order chi connectivity index (χ0) is 23.6. The second kappa shape index (κ2) is 9.01. The van der Waals surface area contributed by atoms with E-state index in [4.69, 9.17) is 0 Å². The van der Waals surface area contributed by atoms with E-state index >= 15 is 0 Å². The second-order valence-corrected chi connectivity index (χ2v) is 9.61. The molecular weight excluding hydrogens is 444 g/mol. The first-order valence-electron chi connectivity index (χ1n) is 10.4. The summed E-state index contributed by atoms with van der Waals surface area (Å²) in [6, 6.07) is 13.3. The summed E-state index contributed by atoms with van der Waals surface area (Å²) < 4.78 is 28.8. The SMILES string of the molecule is Cc1nc2ccccn2c1C(=O)NNC(=O)C1CCN(S(=O)(=O)c2ccccc2C#N)CC1. The Labute approximate surface area is 190 Å². The van der Waals surface area contributed by atoms with E-state index < -0.39 is 21.8 Å². The number of hydrogen-bond donors (Lipinski definition) is 2. The van der Waals surface area contributed by atoms with Gasteiger partial charge in [-0.2, -0.15) is 9.57 Å². The van der Waals surface area contributed by atoms with Gasteiger partial charge in [0, 0.05) is 25.2 Å². The molecule has 0 radical (unpaired) electrons. The third kappa shape index (κ3) is 4.30. The van der Waals surface area contributed by atoms with Crippen LogP contribution in [0.1, 0.15) is 34.6 Å². The van der Waals surface area contributed by atoms with Crippen molar-refractivity contribution in [1.29, 1.82) is 5.26 Å². The van der Waals surface area contributed by atoms with Gasteiger partial charge >= 0.3 is 0 Å². The molecule has 3 aromatic rings. The fourth-order valence-corrected chi connectivity index (χ4v) is 5.56. The predicted octanol–water partition coefficient (Wildman–Crippen LogP) is 1.38. The standard InChI is InChI=1S/C22H22N6O4S/c1-15-20(28-11-5-4-8-19(28)24-15)22(30)26-25-21(29)16-9-12-27(13-10-16)33(31,32)18-7-3-2-6-17(18)14-23/h2-8,11,16H,9-10,12-13H2,1H3,(H,25,29)(H,26,30). The number of benzene rings is 1. The van der Waals surface area contributed by atoms with Crippen molar-refractivity contribution in [3.8, 4) is 6.07 Å². The molecule has 0 atom stereocenters. The van der Waals surface area contributed by atoms with Crippen LogP contribution in [0.3, 0.4) is 0 Å². The number of piperidine rings is 1. The van der Waals surface area contributed by atoms with E-state index in [-0.39, 0.29) is 29.5 Å². The number of carbonyl (C=O) groups is 2. The Kier molecular flexibility index (Phi) is 6.13. The highest BCUT2D eigenvalue weighted by Crippen LogP contribution is 2.25. The molecular formula is C22H22N6O4S. The van der Waals surface area contributed by atoms with Gasteiger partial charge in [0.05, 0.1) is 16.2 Å². The molecule has 0 aliphatic carbocycles. The zero-order valence-corrected chi connectivity index (χ0v) is 18.7. The third-order valence-corrected chi connectivity index (χ3v) is 7.63. The molecule has 2 aromatic heterocycles. The van der Waals surface area contributed by atoms with Crippen molar-refractivity contribution in [2.75, 3.05) is 13.1 Å². The van der Waals surface area contributed by atoms with Gasteiger partial charge in [0.25, 0.3) is 5.91 Å². The van der Waals surface area contributed by atoms with Crippen molar-refractivity contribution in [3.05, 3.63) is 65.6 Å². The van der Waals surface area contributed by atoms with Crippen LogP contribution < -0.4 is 10.9 Å². The maximum Gasteiger partial charge on any atom is 0.288 e. The number of pyridine rings is 1. The van der Waals surface area contributed by atoms with Gasteiger partial charge in [-0.3, -0.25) is 24.8 Å². The minimum Gasteiger partial charge on any atom is -0.295 e. The first-order chi connectivity index (χ1) is 15.8. The van der Waals surface area contributed by atoms with Crippen molar-refractivity contribution in [3.63, 3.8) is 0 Å². The number of fused-ring (bicyclic) bond motifs is 1. The molecule has 0 unspecified atom stereocenters. The Hall–Kier alpha value is -3.75. The molecule has 1 fully saturated rings. The van der Waals surface area contributed by atoms with Crippen LogP contribution in [0.15, 0.2) is 53.6 Å². The van der Waals surface area contributed by atoms with Crippen LogP contribution in [0.5, 0.6) is 0 Å². The van der Waals surface area contributed by atoms with Gasteiger partial charge in [0.1, 0.15) is 17.4 Å². The maximum absolute atomic E-state index is 12.9. The molecule has 1 aliphatic heterocycles. The average Bonchev–Trinajstić information content (AvgIpc) is 3.18. The third-order valence-electron chi connectivity index (χ3n) is 5.67. The number of nitriles is 1. The largest absolute Gasteiger partial charge is 0.295 e. The summed E-state index contributed by atoms with van der Waals surface area (Å²) in [6.07, 6.45) is 2.31. The zero-order valence-electron chi connectivity index (χ0n) is 17.9. The lowest BCUT2D eigenvalue weighted by Crippen LogP contribution is -2.48. The number of amides is 2. The Balaban J connectivity index is 1.36. The maximum atomic E-state index is 12.9. The van der Waals surface area contributed by atoms with Crippen LogP contribution in [0.25, 0.3) is 5.65 Å². The van der Waals surface area contributed by atoms with E-state index in [0.29, 0.717) is 29.9 Å². The Morgan fingerprint density at radius 3 is 2.52 bits per heavy atom. The van der Waals surface area contributed by atoms with E-state index in [0.717, 1.165) is 0 Å². The summed E-state index contributed by atoms with van der Waals surface area (Å²) in [5, 5.41) is 9.22. The Morgan fingerprint density at radius 1 is 1.09 bits per heavy atom. The number of hydrazine groups is 1. The molecule has 1 saturated heterocycles. The van der Waals surface area contributed by atoms with Crippen LogP contribution >= 0.6 is 0 Å². The lowest BCUT2D eigenvalue weighted by Gasteiger charge is -2.30. The Bertz CT molecular complexity index is 1370. The van der Waals surface area contributed by atoms with Crippen LogP contribution in [0, 0.1) is 24.2 Å². The quantitative estimate of drug-likeness (QED) is 0.558. The first-order valence-corrected chi connectivity index (χ1v) is 11.8. The molecule has 1 aliphatic rings. The van der Waals surface area contributed by atoms with Gasteiger partial charge in [-0.05, 0) is 44.0 Å². The molecule has 0 spiro atoms. The van der Waals surface area contributed by atoms with Crippen molar-refractivity contribution in [2.24, 2.45) is 5.92 Å². The van der Waals surface area contributed by atoms with E-state index in [1.807, 2.05) is 12.1 Å². The molecule has 11 heteroatoms. The predicted molar refractivity (Wildman–Crippen MR) is 118 cm³/mol. The number of sulfonamides is 1. The number of hydrogen-bond acceptors (Lipinski definition) is 6. The summed E-state index contributed by atoms with van der Waals surface area (Å²) in [4.78, 5) is 29.5. The lowest BCUT2D eigenvalue weighted by molar-refractivity contribution is -0.126. The summed E-state index contributed by atoms with van der Waals surface area (Å²) in [5.74, 6) is -1.33. The highest BCUT2D eigenvalue weighted by molar-refractivity contribution is 7.89. The molecule has 1 aromatic carbocycles. The summed E-state index contributed by atoms with van der Waals surface area (Å²) in [7, 11) is -3.84. The fraction of sp³-hybridized carbons (Fsp3) is 0.273. The van der Waals surface area contributed by atoms with Crippen LogP contribution in [0.4, 0.5) is 0 Å². The van der Waals surface area contributed by atoms with E-state index in [1.165, 1.54) is 16.4 Å². The van der Waals surface area contributed by atoms with Crippen LogP contribution in [-0.2, 0) is 14.8 Å². The summed E-state index contributed by atoms with van der Waals surface area (Å²) >= 11 is 0. The topological polar surface area (TPSA) is 137 Å². The minimum absolute atomic E-state index is 0.0360. The van der Waals surface area contributed by atoms with Crippen LogP contribution in [0.2, 0.25) is 0 Å². The minimum atomic E-state index is -3.84. The fourth-order valence-electron chi connectivity index (χ4n) is 3.95. The van der Waals surface area contributed by atoms with Gasteiger partial charge in [-0.25, -0.2) is 13.4 Å². The number of nitrogens with one attached hydrogen (secondary N) is 2. The molecule has 2 amide bonds. The van der Waals surface area contributed by atoms with Gasteiger partial charge < -0.3 is 0 Å². The normalized spacial score (nSPS) is 15.2. The molecule has 0 bridgehead atoms. The van der Waals surface area contributed by atoms with Crippen LogP contribution in [-0.4, -0.2) is 47.0 Å². The number of rotatable bonds is 4. The molecule has 2 N–H and O–H groups in total. The number of nitrogens with zero attached hydrogens (tertiary/aromatic N) is 4. The molecule has 10 nitrogen and oxygen atoms in total. The van der Waals surface area contributed by atoms with Gasteiger partial charge in [-0.1, -0.05) is 18.2 Å². The highest BCUT2D eigenvalue weighted by atomic mass is 32.2. The first kappa shape index (κ1) is 22.4. The summed E-state index contributed by atoms with van der Waals surface area (Å²) in [6.45, 7) is 1.99. The lowest BCUT2D eigenvalue weighted by atomic mass is 9.98. The number of imidazole rings is 1. The van der Waals surface area contributed by atoms with Gasteiger partial charge in [-0.15, -0.1) is 0 Å². The summed E-state index contributed by atoms with van der Waals surface area (Å²) in [5.41, 5.74) is 6.44. The van der Waals surface area contributed by atoms with Crippen molar-refractivity contribution < 1.29 is 18.0 Å². The van der Waals surface area contributed by atoms with Crippen molar-refractivity contribution >= 4 is 27.5 Å². The van der Waals surface area contributed by atoms with Crippen molar-refractivity contribution in [2.45, 2.75) is 24.7 Å². The second-order valence-electron chi connectivity index (χ2n) is 7.70. The molecule has 170 valence electrons. The van der Waals surface area contributed by atoms with E-state index in [9.17, 15) is 23.3 Å². The molecule has 33 heavy (non-hydrogen) atoms.